The first-order valence-electron chi connectivity index (χ1n) is 7.56. The van der Waals surface area contributed by atoms with Gasteiger partial charge in [-0.25, -0.2) is 9.18 Å². The van der Waals surface area contributed by atoms with Crippen molar-refractivity contribution in [1.29, 1.82) is 0 Å². The van der Waals surface area contributed by atoms with Gasteiger partial charge in [0.2, 0.25) is 6.17 Å². The van der Waals surface area contributed by atoms with Gasteiger partial charge in [0.25, 0.3) is 0 Å². The van der Waals surface area contributed by atoms with E-state index in [0.717, 1.165) is 5.69 Å². The van der Waals surface area contributed by atoms with Crippen LogP contribution in [0.15, 0.2) is 54.6 Å². The average Bonchev–Trinajstić information content (AvgIpc) is 2.60. The van der Waals surface area contributed by atoms with E-state index >= 15 is 0 Å². The number of rotatable bonds is 7. The molecule has 0 spiro atoms. The Morgan fingerprint density at radius 2 is 1.79 bits per heavy atom. The zero-order chi connectivity index (χ0) is 16.7. The van der Waals surface area contributed by atoms with Crippen LogP contribution in [0, 0.1) is 0 Å². The van der Waals surface area contributed by atoms with E-state index in [2.05, 4.69) is 10.1 Å². The summed E-state index contributed by atoms with van der Waals surface area (Å²) in [4.78, 5) is 11.4. The highest BCUT2D eigenvalue weighted by molar-refractivity contribution is 5.85. The molecule has 1 unspecified atom stereocenters. The Bertz CT molecular complexity index is 623. The van der Waals surface area contributed by atoms with Gasteiger partial charge in [-0.2, -0.15) is 0 Å². The number of carbonyl (C=O) groups excluding carboxylic acids is 1. The zero-order valence-corrected chi connectivity index (χ0v) is 14.3. The minimum absolute atomic E-state index is 0. The Hall–Kier alpha value is -2.11. The number of benzene rings is 2. The zero-order valence-electron chi connectivity index (χ0n) is 13.4. The van der Waals surface area contributed by atoms with Crippen molar-refractivity contribution in [3.63, 3.8) is 0 Å². The number of nitrogens with two attached hydrogens (primary N) is 1. The number of esters is 1. The molecule has 0 aliphatic carbocycles. The summed E-state index contributed by atoms with van der Waals surface area (Å²) in [5.74, 6) is -0.925. The third kappa shape index (κ3) is 5.51. The summed E-state index contributed by atoms with van der Waals surface area (Å²) in [6.07, 6.45) is -1.86. The molecular formula is C18H22ClFN2O2. The van der Waals surface area contributed by atoms with Gasteiger partial charge in [-0.1, -0.05) is 42.5 Å². The maximum atomic E-state index is 13.9. The molecule has 3 N–H and O–H groups in total. The minimum atomic E-state index is -1.86. The number of alkyl halides is 1. The van der Waals surface area contributed by atoms with Crippen molar-refractivity contribution in [3.05, 3.63) is 65.7 Å². The molecule has 0 aromatic heterocycles. The van der Waals surface area contributed by atoms with Crippen LogP contribution in [-0.4, -0.2) is 18.7 Å². The van der Waals surface area contributed by atoms with Gasteiger partial charge in [-0.15, -0.1) is 12.4 Å². The molecule has 0 heterocycles. The van der Waals surface area contributed by atoms with Crippen LogP contribution >= 0.6 is 12.4 Å². The second-order valence-electron chi connectivity index (χ2n) is 5.14. The quantitative estimate of drug-likeness (QED) is 0.747. The minimum Gasteiger partial charge on any atom is -0.464 e. The van der Waals surface area contributed by atoms with Crippen molar-refractivity contribution in [3.8, 4) is 0 Å². The van der Waals surface area contributed by atoms with Gasteiger partial charge in [0, 0.05) is 12.2 Å². The molecule has 2 rings (SSSR count). The second kappa shape index (κ2) is 9.90. The standard InChI is InChI=1S/C18H21FN2O2.ClH/c1-2-23-18(22)16(19)17(20)14-8-10-15(11-9-14)21-12-13-6-4-3-5-7-13;/h3-11,16-17,21H,2,12,20H2,1H3;1H/t16?,17-;/m1./s1. The van der Waals surface area contributed by atoms with Crippen LogP contribution in [0.2, 0.25) is 0 Å². The van der Waals surface area contributed by atoms with E-state index < -0.39 is 18.2 Å². The van der Waals surface area contributed by atoms with Crippen LogP contribution < -0.4 is 11.1 Å². The maximum Gasteiger partial charge on any atom is 0.342 e. The molecule has 24 heavy (non-hydrogen) atoms. The molecule has 0 saturated heterocycles. The highest BCUT2D eigenvalue weighted by atomic mass is 35.5. The maximum absolute atomic E-state index is 13.9. The predicted molar refractivity (Wildman–Crippen MR) is 95.9 cm³/mol. The molecule has 0 aliphatic rings. The molecule has 0 radical (unpaired) electrons. The van der Waals surface area contributed by atoms with E-state index in [0.29, 0.717) is 12.1 Å². The van der Waals surface area contributed by atoms with Gasteiger partial charge in [0.15, 0.2) is 0 Å². The second-order valence-corrected chi connectivity index (χ2v) is 5.14. The van der Waals surface area contributed by atoms with Crippen LogP contribution in [0.25, 0.3) is 0 Å². The smallest absolute Gasteiger partial charge is 0.342 e. The molecule has 2 aromatic rings. The molecule has 2 atom stereocenters. The van der Waals surface area contributed by atoms with E-state index in [1.54, 1.807) is 19.1 Å². The van der Waals surface area contributed by atoms with Gasteiger partial charge >= 0.3 is 5.97 Å². The summed E-state index contributed by atoms with van der Waals surface area (Å²) in [5.41, 5.74) is 8.41. The van der Waals surface area contributed by atoms with Crippen molar-refractivity contribution in [2.45, 2.75) is 25.7 Å². The average molecular weight is 353 g/mol. The summed E-state index contributed by atoms with van der Waals surface area (Å²) in [6.45, 7) is 2.46. The third-order valence-corrected chi connectivity index (χ3v) is 3.46. The van der Waals surface area contributed by atoms with Gasteiger partial charge in [-0.05, 0) is 30.2 Å². The van der Waals surface area contributed by atoms with Crippen molar-refractivity contribution >= 4 is 24.1 Å². The highest BCUT2D eigenvalue weighted by Gasteiger charge is 2.27. The number of hydrogen-bond donors (Lipinski definition) is 2. The lowest BCUT2D eigenvalue weighted by Gasteiger charge is -2.16. The topological polar surface area (TPSA) is 64.3 Å². The normalized spacial score (nSPS) is 12.6. The van der Waals surface area contributed by atoms with E-state index in [1.165, 1.54) is 5.56 Å². The number of hydrogen-bond acceptors (Lipinski definition) is 4. The van der Waals surface area contributed by atoms with Crippen LogP contribution in [0.1, 0.15) is 24.1 Å². The molecule has 0 fully saturated rings. The van der Waals surface area contributed by atoms with E-state index in [9.17, 15) is 9.18 Å². The van der Waals surface area contributed by atoms with Crippen molar-refractivity contribution in [1.82, 2.24) is 0 Å². The monoisotopic (exact) mass is 352 g/mol. The first-order chi connectivity index (χ1) is 11.1. The Morgan fingerprint density at radius 1 is 1.17 bits per heavy atom. The number of carbonyl (C=O) groups is 1. The number of ether oxygens (including phenoxy) is 1. The molecular weight excluding hydrogens is 331 g/mol. The summed E-state index contributed by atoms with van der Waals surface area (Å²) in [7, 11) is 0. The molecule has 0 bridgehead atoms. The fourth-order valence-electron chi connectivity index (χ4n) is 2.16. The number of nitrogens with one attached hydrogen (secondary N) is 1. The molecule has 6 heteroatoms. The Kier molecular flexibility index (Phi) is 8.22. The lowest BCUT2D eigenvalue weighted by molar-refractivity contribution is -0.149. The predicted octanol–water partition coefficient (Wildman–Crippen LogP) is 3.62. The lowest BCUT2D eigenvalue weighted by atomic mass is 10.0. The highest BCUT2D eigenvalue weighted by Crippen LogP contribution is 2.20. The van der Waals surface area contributed by atoms with Gasteiger partial charge < -0.3 is 15.8 Å². The van der Waals surface area contributed by atoms with Gasteiger partial charge in [0.05, 0.1) is 12.6 Å². The molecule has 0 amide bonds. The Morgan fingerprint density at radius 3 is 2.38 bits per heavy atom. The summed E-state index contributed by atoms with van der Waals surface area (Å²) in [6, 6.07) is 16.0. The number of anilines is 1. The van der Waals surface area contributed by atoms with E-state index in [4.69, 9.17) is 5.73 Å². The first kappa shape index (κ1) is 19.9. The summed E-state index contributed by atoms with van der Waals surface area (Å²) >= 11 is 0. The van der Waals surface area contributed by atoms with Crippen molar-refractivity contribution < 1.29 is 13.9 Å². The molecule has 4 nitrogen and oxygen atoms in total. The van der Waals surface area contributed by atoms with Crippen molar-refractivity contribution in [2.75, 3.05) is 11.9 Å². The van der Waals surface area contributed by atoms with Gasteiger partial charge in [-0.3, -0.25) is 0 Å². The van der Waals surface area contributed by atoms with Crippen LogP contribution in [0.3, 0.4) is 0 Å². The Balaban J connectivity index is 0.00000288. The molecule has 2 aromatic carbocycles. The fraction of sp³-hybridized carbons (Fsp3) is 0.278. The summed E-state index contributed by atoms with van der Waals surface area (Å²) in [5, 5.41) is 3.27. The van der Waals surface area contributed by atoms with Crippen LogP contribution in [0.4, 0.5) is 10.1 Å². The molecule has 0 aliphatic heterocycles. The third-order valence-electron chi connectivity index (χ3n) is 3.46. The van der Waals surface area contributed by atoms with Gasteiger partial charge in [0.1, 0.15) is 0 Å². The fourth-order valence-corrected chi connectivity index (χ4v) is 2.16. The molecule has 130 valence electrons. The molecule has 0 saturated carbocycles. The van der Waals surface area contributed by atoms with Crippen LogP contribution in [0.5, 0.6) is 0 Å². The van der Waals surface area contributed by atoms with Crippen LogP contribution in [-0.2, 0) is 16.1 Å². The van der Waals surface area contributed by atoms with E-state index in [1.807, 2.05) is 42.5 Å². The number of halogens is 2. The summed E-state index contributed by atoms with van der Waals surface area (Å²) < 4.78 is 18.6. The van der Waals surface area contributed by atoms with E-state index in [-0.39, 0.29) is 19.0 Å². The van der Waals surface area contributed by atoms with Crippen molar-refractivity contribution in [2.24, 2.45) is 5.73 Å². The first-order valence-corrected chi connectivity index (χ1v) is 7.56. The largest absolute Gasteiger partial charge is 0.464 e. The lowest BCUT2D eigenvalue weighted by Crippen LogP contribution is -2.31. The SMILES string of the molecule is CCOC(=O)C(F)[C@H](N)c1ccc(NCc2ccccc2)cc1.Cl. The Labute approximate surface area is 147 Å².